The Balaban J connectivity index is 1.54. The molecule has 2 unspecified atom stereocenters. The molecule has 2 aromatic carbocycles. The number of benzene rings is 2. The van der Waals surface area contributed by atoms with Crippen LogP contribution in [-0.2, 0) is 6.42 Å². The number of nitrogens with one attached hydrogen (secondary N) is 2. The van der Waals surface area contributed by atoms with Crippen molar-refractivity contribution in [2.75, 3.05) is 40.2 Å². The number of hydrogen-bond donors (Lipinski definition) is 2. The summed E-state index contributed by atoms with van der Waals surface area (Å²) in [5.41, 5.74) is 1.87. The summed E-state index contributed by atoms with van der Waals surface area (Å²) >= 11 is 5.97. The van der Waals surface area contributed by atoms with Gasteiger partial charge in [-0.05, 0) is 63.4 Å². The zero-order valence-electron chi connectivity index (χ0n) is 19.8. The smallest absolute Gasteiger partial charge is 0.319 e. The Morgan fingerprint density at radius 2 is 1.73 bits per heavy atom. The van der Waals surface area contributed by atoms with Crippen molar-refractivity contribution < 1.29 is 19.0 Å². The highest BCUT2D eigenvalue weighted by Crippen LogP contribution is 2.40. The Bertz CT molecular complexity index is 897. The summed E-state index contributed by atoms with van der Waals surface area (Å²) in [4.78, 5) is 15.1. The van der Waals surface area contributed by atoms with Gasteiger partial charge in [-0.15, -0.1) is 0 Å². The second-order valence-corrected chi connectivity index (χ2v) is 8.76. The van der Waals surface area contributed by atoms with Gasteiger partial charge >= 0.3 is 6.03 Å². The quantitative estimate of drug-likeness (QED) is 0.507. The molecule has 8 heteroatoms. The standard InChI is InChI=1S/C25H34ClN3O4/c1-29(14-6-7-17-10-12-18(26)13-11-17)21-9-5-8-20(21)28-25(30)27-19-15-22(31-2)24(33-4)23(16-19)32-3/h10-13,15-16,20-21H,5-9,14H2,1-4H3,(H2,27,28,30). The number of anilines is 1. The van der Waals surface area contributed by atoms with Crippen molar-refractivity contribution in [3.63, 3.8) is 0 Å². The number of methoxy groups -OCH3 is 3. The van der Waals surface area contributed by atoms with Crippen LogP contribution >= 0.6 is 11.6 Å². The van der Waals surface area contributed by atoms with E-state index in [1.807, 2.05) is 12.1 Å². The number of hydrogen-bond acceptors (Lipinski definition) is 5. The molecule has 0 heterocycles. The first-order valence-corrected chi connectivity index (χ1v) is 11.6. The average Bonchev–Trinajstić information content (AvgIpc) is 3.27. The van der Waals surface area contributed by atoms with Crippen LogP contribution in [0.25, 0.3) is 0 Å². The molecular weight excluding hydrogens is 442 g/mol. The summed E-state index contributed by atoms with van der Waals surface area (Å²) in [6.07, 6.45) is 5.20. The molecule has 0 aromatic heterocycles. The number of carbonyl (C=O) groups excluding carboxylic acids is 1. The Labute approximate surface area is 201 Å². The van der Waals surface area contributed by atoms with E-state index in [4.69, 9.17) is 25.8 Å². The van der Waals surface area contributed by atoms with E-state index in [0.29, 0.717) is 29.0 Å². The summed E-state index contributed by atoms with van der Waals surface area (Å²) in [7, 11) is 6.79. The fourth-order valence-corrected chi connectivity index (χ4v) is 4.60. The van der Waals surface area contributed by atoms with Crippen LogP contribution in [0, 0.1) is 0 Å². The number of halogens is 1. The molecular formula is C25H34ClN3O4. The van der Waals surface area contributed by atoms with Crippen LogP contribution in [0.3, 0.4) is 0 Å². The summed E-state index contributed by atoms with van der Waals surface area (Å²) in [5.74, 6) is 1.47. The molecule has 1 saturated carbocycles. The molecule has 1 fully saturated rings. The number of carbonyl (C=O) groups is 1. The molecule has 2 amide bonds. The molecule has 7 nitrogen and oxygen atoms in total. The van der Waals surface area contributed by atoms with Crippen LogP contribution < -0.4 is 24.8 Å². The second-order valence-electron chi connectivity index (χ2n) is 8.33. The first kappa shape index (κ1) is 25.0. The molecule has 3 rings (SSSR count). The van der Waals surface area contributed by atoms with Crippen molar-refractivity contribution in [1.82, 2.24) is 10.2 Å². The van der Waals surface area contributed by atoms with Crippen molar-refractivity contribution >= 4 is 23.3 Å². The number of rotatable bonds is 10. The predicted molar refractivity (Wildman–Crippen MR) is 132 cm³/mol. The highest BCUT2D eigenvalue weighted by atomic mass is 35.5. The zero-order chi connectivity index (χ0) is 23.8. The first-order valence-electron chi connectivity index (χ1n) is 11.3. The van der Waals surface area contributed by atoms with Crippen molar-refractivity contribution in [2.45, 2.75) is 44.2 Å². The number of urea groups is 1. The highest BCUT2D eigenvalue weighted by Gasteiger charge is 2.31. The van der Waals surface area contributed by atoms with Gasteiger partial charge < -0.3 is 29.7 Å². The molecule has 2 atom stereocenters. The number of nitrogens with zero attached hydrogens (tertiary/aromatic N) is 1. The van der Waals surface area contributed by atoms with Gasteiger partial charge in [0.25, 0.3) is 0 Å². The first-order chi connectivity index (χ1) is 15.9. The van der Waals surface area contributed by atoms with Crippen molar-refractivity contribution in [3.05, 3.63) is 47.0 Å². The molecule has 0 aliphatic heterocycles. The minimum Gasteiger partial charge on any atom is -0.493 e. The lowest BCUT2D eigenvalue weighted by molar-refractivity contribution is 0.205. The van der Waals surface area contributed by atoms with Gasteiger partial charge in [0, 0.05) is 29.2 Å². The maximum Gasteiger partial charge on any atom is 0.319 e. The summed E-state index contributed by atoms with van der Waals surface area (Å²) in [6.45, 7) is 0.972. The third kappa shape index (κ3) is 6.68. The predicted octanol–water partition coefficient (Wildman–Crippen LogP) is 4.97. The van der Waals surface area contributed by atoms with E-state index in [0.717, 1.165) is 43.7 Å². The maximum atomic E-state index is 12.8. The molecule has 2 N–H and O–H groups in total. The van der Waals surface area contributed by atoms with Gasteiger partial charge in [-0.25, -0.2) is 4.79 Å². The second kappa shape index (κ2) is 12.0. The van der Waals surface area contributed by atoms with E-state index >= 15 is 0 Å². The lowest BCUT2D eigenvalue weighted by Gasteiger charge is -2.30. The molecule has 2 aromatic rings. The summed E-state index contributed by atoms with van der Waals surface area (Å²) in [5, 5.41) is 6.82. The Hall–Kier alpha value is -2.64. The number of likely N-dealkylation sites (N-methyl/N-ethyl adjacent to an activating group) is 1. The topological polar surface area (TPSA) is 72.1 Å². The molecule has 0 bridgehead atoms. The van der Waals surface area contributed by atoms with Crippen molar-refractivity contribution in [3.8, 4) is 17.2 Å². The number of amides is 2. The van der Waals surface area contributed by atoms with Gasteiger partial charge in [0.05, 0.1) is 27.0 Å². The van der Waals surface area contributed by atoms with Crippen molar-refractivity contribution in [1.29, 1.82) is 0 Å². The summed E-state index contributed by atoms with van der Waals surface area (Å²) < 4.78 is 16.1. The maximum absolute atomic E-state index is 12.8. The molecule has 0 radical (unpaired) electrons. The van der Waals surface area contributed by atoms with Gasteiger partial charge in [0.1, 0.15) is 0 Å². The Morgan fingerprint density at radius 1 is 1.06 bits per heavy atom. The molecule has 1 aliphatic rings. The van der Waals surface area contributed by atoms with Gasteiger partial charge in [-0.1, -0.05) is 23.7 Å². The van der Waals surface area contributed by atoms with E-state index < -0.39 is 0 Å². The lowest BCUT2D eigenvalue weighted by Crippen LogP contribution is -2.48. The molecule has 0 saturated heterocycles. The van der Waals surface area contributed by atoms with Crippen LogP contribution in [0.4, 0.5) is 10.5 Å². The zero-order valence-corrected chi connectivity index (χ0v) is 20.6. The van der Waals surface area contributed by atoms with E-state index in [-0.39, 0.29) is 12.1 Å². The third-order valence-electron chi connectivity index (χ3n) is 6.17. The largest absolute Gasteiger partial charge is 0.493 e. The monoisotopic (exact) mass is 475 g/mol. The van der Waals surface area contributed by atoms with Gasteiger partial charge in [0.2, 0.25) is 5.75 Å². The SMILES string of the molecule is COc1cc(NC(=O)NC2CCCC2N(C)CCCc2ccc(Cl)cc2)cc(OC)c1OC. The lowest BCUT2D eigenvalue weighted by atomic mass is 10.1. The van der Waals surface area contributed by atoms with E-state index in [1.54, 1.807) is 33.5 Å². The molecule has 0 spiro atoms. The van der Waals surface area contributed by atoms with Gasteiger partial charge in [-0.3, -0.25) is 0 Å². The third-order valence-corrected chi connectivity index (χ3v) is 6.43. The van der Waals surface area contributed by atoms with Crippen LogP contribution in [0.2, 0.25) is 5.02 Å². The summed E-state index contributed by atoms with van der Waals surface area (Å²) in [6, 6.07) is 11.6. The van der Waals surface area contributed by atoms with Crippen LogP contribution in [0.15, 0.2) is 36.4 Å². The van der Waals surface area contributed by atoms with Crippen LogP contribution in [-0.4, -0.2) is 57.9 Å². The van der Waals surface area contributed by atoms with E-state index in [9.17, 15) is 4.79 Å². The van der Waals surface area contributed by atoms with Crippen LogP contribution in [0.5, 0.6) is 17.2 Å². The molecule has 33 heavy (non-hydrogen) atoms. The van der Waals surface area contributed by atoms with E-state index in [1.165, 1.54) is 5.56 Å². The number of ether oxygens (including phenoxy) is 3. The normalized spacial score (nSPS) is 17.6. The average molecular weight is 476 g/mol. The fourth-order valence-electron chi connectivity index (χ4n) is 4.47. The molecule has 180 valence electrons. The van der Waals surface area contributed by atoms with Crippen molar-refractivity contribution in [2.24, 2.45) is 0 Å². The van der Waals surface area contributed by atoms with Crippen LogP contribution in [0.1, 0.15) is 31.2 Å². The highest BCUT2D eigenvalue weighted by molar-refractivity contribution is 6.30. The van der Waals surface area contributed by atoms with E-state index in [2.05, 4.69) is 34.7 Å². The minimum atomic E-state index is -0.240. The fraction of sp³-hybridized carbons (Fsp3) is 0.480. The van der Waals surface area contributed by atoms with Gasteiger partial charge in [-0.2, -0.15) is 0 Å². The number of aryl methyl sites for hydroxylation is 1. The Morgan fingerprint density at radius 3 is 2.33 bits per heavy atom. The van der Waals surface area contributed by atoms with Gasteiger partial charge in [0.15, 0.2) is 11.5 Å². The molecule has 1 aliphatic carbocycles. The minimum absolute atomic E-state index is 0.104. The Kier molecular flexibility index (Phi) is 9.09.